The number of nitrogen functional groups attached to an aromatic ring is 1. The van der Waals surface area contributed by atoms with Crippen LogP contribution in [0, 0.1) is 5.92 Å². The Labute approximate surface area is 200 Å². The van der Waals surface area contributed by atoms with E-state index in [9.17, 15) is 9.59 Å². The summed E-state index contributed by atoms with van der Waals surface area (Å²) in [5.41, 5.74) is 6.54. The molecule has 2 aliphatic heterocycles. The Hall–Kier alpha value is -2.23. The van der Waals surface area contributed by atoms with E-state index >= 15 is 0 Å². The predicted octanol–water partition coefficient (Wildman–Crippen LogP) is 2.62. The number of ether oxygens (including phenoxy) is 3. The topological polar surface area (TPSA) is 106 Å². The summed E-state index contributed by atoms with van der Waals surface area (Å²) in [6.07, 6.45) is 2.36. The Bertz CT molecular complexity index is 831. The van der Waals surface area contributed by atoms with Crippen molar-refractivity contribution < 1.29 is 23.8 Å². The number of piperidine rings is 2. The fourth-order valence-electron chi connectivity index (χ4n) is 4.59. The number of halogens is 1. The normalized spacial score (nSPS) is 22.1. The molecule has 3 rings (SSSR count). The minimum atomic E-state index is -0.263. The number of hydrogen-bond acceptors (Lipinski definition) is 7. The molecule has 0 spiro atoms. The highest BCUT2D eigenvalue weighted by Crippen LogP contribution is 2.29. The zero-order valence-corrected chi connectivity index (χ0v) is 20.4. The Balaban J connectivity index is 1.52. The lowest BCUT2D eigenvalue weighted by Gasteiger charge is -2.40. The number of benzene rings is 1. The first-order chi connectivity index (χ1) is 15.9. The van der Waals surface area contributed by atoms with E-state index in [1.165, 1.54) is 13.2 Å². The van der Waals surface area contributed by atoms with Crippen molar-refractivity contribution in [1.82, 2.24) is 15.1 Å². The van der Waals surface area contributed by atoms with Gasteiger partial charge in [0.05, 0.1) is 42.1 Å². The number of nitrogens with one attached hydrogen (secondary N) is 1. The molecule has 2 amide bonds. The molecule has 2 heterocycles. The molecule has 0 unspecified atom stereocenters. The smallest absolute Gasteiger partial charge is 0.409 e. The predicted molar refractivity (Wildman–Crippen MR) is 127 cm³/mol. The molecule has 0 aromatic heterocycles. The molecule has 10 heteroatoms. The number of likely N-dealkylation sites (tertiary alicyclic amines) is 2. The van der Waals surface area contributed by atoms with Crippen molar-refractivity contribution in [3.63, 3.8) is 0 Å². The van der Waals surface area contributed by atoms with Crippen LogP contribution in [0.15, 0.2) is 12.1 Å². The second kappa shape index (κ2) is 11.8. The van der Waals surface area contributed by atoms with E-state index in [0.717, 1.165) is 52.0 Å². The maximum absolute atomic E-state index is 12.9. The molecular weight excluding hydrogens is 448 g/mol. The molecule has 9 nitrogen and oxygen atoms in total. The van der Waals surface area contributed by atoms with Gasteiger partial charge in [-0.05, 0) is 38.2 Å². The zero-order chi connectivity index (χ0) is 24.0. The molecular formula is C23H35ClN4O5. The average molecular weight is 483 g/mol. The van der Waals surface area contributed by atoms with Crippen molar-refractivity contribution in [3.05, 3.63) is 22.7 Å². The van der Waals surface area contributed by atoms with Gasteiger partial charge in [0.15, 0.2) is 0 Å². The van der Waals surface area contributed by atoms with E-state index in [0.29, 0.717) is 34.5 Å². The zero-order valence-electron chi connectivity index (χ0n) is 19.6. The van der Waals surface area contributed by atoms with Gasteiger partial charge in [-0.15, -0.1) is 0 Å². The van der Waals surface area contributed by atoms with Crippen molar-refractivity contribution in [2.24, 2.45) is 5.92 Å². The fourth-order valence-corrected chi connectivity index (χ4v) is 4.75. The van der Waals surface area contributed by atoms with Crippen LogP contribution in [0.25, 0.3) is 0 Å². The van der Waals surface area contributed by atoms with Crippen molar-refractivity contribution >= 4 is 29.3 Å². The Morgan fingerprint density at radius 2 is 1.91 bits per heavy atom. The molecule has 33 heavy (non-hydrogen) atoms. The number of hydrogen-bond donors (Lipinski definition) is 2. The lowest BCUT2D eigenvalue weighted by molar-refractivity contribution is -0.00137. The maximum atomic E-state index is 12.9. The molecule has 2 atom stereocenters. The van der Waals surface area contributed by atoms with E-state index in [4.69, 9.17) is 31.5 Å². The minimum Gasteiger partial charge on any atom is -0.496 e. The van der Waals surface area contributed by atoms with E-state index in [1.807, 2.05) is 6.92 Å². The molecule has 2 fully saturated rings. The summed E-state index contributed by atoms with van der Waals surface area (Å²) >= 11 is 6.12. The van der Waals surface area contributed by atoms with Gasteiger partial charge in [0.2, 0.25) is 0 Å². The van der Waals surface area contributed by atoms with Gasteiger partial charge in [-0.2, -0.15) is 0 Å². The number of anilines is 1. The monoisotopic (exact) mass is 482 g/mol. The third-order valence-corrected chi connectivity index (χ3v) is 6.81. The molecule has 1 aromatic rings. The highest BCUT2D eigenvalue weighted by atomic mass is 35.5. The van der Waals surface area contributed by atoms with Crippen LogP contribution in [-0.2, 0) is 9.47 Å². The van der Waals surface area contributed by atoms with Crippen molar-refractivity contribution in [2.45, 2.75) is 38.3 Å². The SMILES string of the molecule is CCOC(=O)N1CCC(CN2CC[C@@H](NC(=O)c3cc(Cl)c(N)cc3OC)[C@@H](OC)C2)CC1. The number of amides is 2. The van der Waals surface area contributed by atoms with Crippen LogP contribution < -0.4 is 15.8 Å². The molecule has 2 saturated heterocycles. The highest BCUT2D eigenvalue weighted by molar-refractivity contribution is 6.33. The van der Waals surface area contributed by atoms with Crippen LogP contribution in [0.5, 0.6) is 5.75 Å². The van der Waals surface area contributed by atoms with Gasteiger partial charge in [0, 0.05) is 45.9 Å². The lowest BCUT2D eigenvalue weighted by Crippen LogP contribution is -2.55. The number of rotatable bonds is 7. The summed E-state index contributed by atoms with van der Waals surface area (Å²) < 4.78 is 16.1. The van der Waals surface area contributed by atoms with Gasteiger partial charge >= 0.3 is 6.09 Å². The number of carbonyl (C=O) groups is 2. The van der Waals surface area contributed by atoms with Crippen LogP contribution in [0.3, 0.4) is 0 Å². The molecule has 2 aliphatic rings. The minimum absolute atomic E-state index is 0.120. The molecule has 0 radical (unpaired) electrons. The summed E-state index contributed by atoms with van der Waals surface area (Å²) in [7, 11) is 3.17. The fraction of sp³-hybridized carbons (Fsp3) is 0.652. The van der Waals surface area contributed by atoms with Crippen molar-refractivity contribution in [3.8, 4) is 5.75 Å². The average Bonchev–Trinajstić information content (AvgIpc) is 2.82. The standard InChI is InChI=1S/C23H35ClN4O5/c1-4-33-23(30)28-9-5-15(6-10-28)13-27-8-7-19(21(14-27)32-3)26-22(29)16-11-17(24)18(25)12-20(16)31-2/h11-12,15,19,21H,4-10,13-14,25H2,1-3H3,(H,26,29)/t19-,21+/m1/s1. The first-order valence-electron chi connectivity index (χ1n) is 11.5. The molecule has 1 aromatic carbocycles. The molecule has 184 valence electrons. The van der Waals surface area contributed by atoms with Gasteiger partial charge in [0.25, 0.3) is 5.91 Å². The Morgan fingerprint density at radius 1 is 1.18 bits per heavy atom. The number of nitrogens with zero attached hydrogens (tertiary/aromatic N) is 2. The highest BCUT2D eigenvalue weighted by Gasteiger charge is 2.33. The summed E-state index contributed by atoms with van der Waals surface area (Å²) in [5.74, 6) is 0.649. The second-order valence-electron chi connectivity index (χ2n) is 8.61. The largest absolute Gasteiger partial charge is 0.496 e. The van der Waals surface area contributed by atoms with E-state index in [-0.39, 0.29) is 24.1 Å². The van der Waals surface area contributed by atoms with Crippen LogP contribution in [0.2, 0.25) is 5.02 Å². The van der Waals surface area contributed by atoms with E-state index in [2.05, 4.69) is 10.2 Å². The lowest BCUT2D eigenvalue weighted by atomic mass is 9.94. The van der Waals surface area contributed by atoms with E-state index in [1.54, 1.807) is 18.1 Å². The third kappa shape index (κ3) is 6.43. The molecule has 0 aliphatic carbocycles. The molecule has 3 N–H and O–H groups in total. The Kier molecular flexibility index (Phi) is 9.05. The van der Waals surface area contributed by atoms with Crippen molar-refractivity contribution in [1.29, 1.82) is 0 Å². The van der Waals surface area contributed by atoms with Gasteiger partial charge < -0.3 is 35.1 Å². The summed E-state index contributed by atoms with van der Waals surface area (Å²) in [4.78, 5) is 29.0. The maximum Gasteiger partial charge on any atom is 0.409 e. The molecule has 0 bridgehead atoms. The first kappa shape index (κ1) is 25.4. The summed E-state index contributed by atoms with van der Waals surface area (Å²) in [5, 5.41) is 3.40. The van der Waals surface area contributed by atoms with Crippen molar-refractivity contribution in [2.75, 3.05) is 59.3 Å². The van der Waals surface area contributed by atoms with Gasteiger partial charge in [0.1, 0.15) is 5.75 Å². The van der Waals surface area contributed by atoms with Crippen LogP contribution in [0.1, 0.15) is 36.5 Å². The summed E-state index contributed by atoms with van der Waals surface area (Å²) in [6.45, 7) is 6.25. The van der Waals surface area contributed by atoms with Crippen LogP contribution in [-0.4, -0.2) is 87.5 Å². The third-order valence-electron chi connectivity index (χ3n) is 6.48. The van der Waals surface area contributed by atoms with Crippen LogP contribution in [0.4, 0.5) is 10.5 Å². The second-order valence-corrected chi connectivity index (χ2v) is 9.01. The van der Waals surface area contributed by atoms with Gasteiger partial charge in [-0.1, -0.05) is 11.6 Å². The molecule has 0 saturated carbocycles. The summed E-state index contributed by atoms with van der Waals surface area (Å²) in [6, 6.07) is 2.97. The quantitative estimate of drug-likeness (QED) is 0.575. The van der Waals surface area contributed by atoms with Gasteiger partial charge in [-0.3, -0.25) is 4.79 Å². The van der Waals surface area contributed by atoms with Gasteiger partial charge in [-0.25, -0.2) is 4.79 Å². The first-order valence-corrected chi connectivity index (χ1v) is 11.8. The number of methoxy groups -OCH3 is 2. The number of carbonyl (C=O) groups excluding carboxylic acids is 2. The van der Waals surface area contributed by atoms with Crippen LogP contribution >= 0.6 is 11.6 Å². The number of nitrogens with two attached hydrogens (primary N) is 1. The van der Waals surface area contributed by atoms with E-state index < -0.39 is 0 Å². The Morgan fingerprint density at radius 3 is 2.55 bits per heavy atom.